The van der Waals surface area contributed by atoms with Crippen molar-refractivity contribution in [3.63, 3.8) is 0 Å². The fraction of sp³-hybridized carbons (Fsp3) is 0.500. The topological polar surface area (TPSA) is 92.8 Å². The van der Waals surface area contributed by atoms with E-state index in [1.165, 1.54) is 0 Å². The number of nitrogens with one attached hydrogen (secondary N) is 1. The summed E-state index contributed by atoms with van der Waals surface area (Å²) >= 11 is 0. The van der Waals surface area contributed by atoms with Crippen molar-refractivity contribution in [2.75, 3.05) is 6.61 Å². The first-order chi connectivity index (χ1) is 12.8. The first-order valence-corrected chi connectivity index (χ1v) is 9.24. The summed E-state index contributed by atoms with van der Waals surface area (Å²) in [4.78, 5) is 50.8. The van der Waals surface area contributed by atoms with Gasteiger partial charge in [0.1, 0.15) is 6.04 Å². The van der Waals surface area contributed by atoms with Crippen LogP contribution in [0.25, 0.3) is 0 Å². The van der Waals surface area contributed by atoms with E-state index in [1.54, 1.807) is 38.1 Å². The number of esters is 1. The second-order valence-corrected chi connectivity index (χ2v) is 6.90. The fourth-order valence-corrected chi connectivity index (χ4v) is 3.12. The van der Waals surface area contributed by atoms with Crippen LogP contribution in [0.3, 0.4) is 0 Å². The first-order valence-electron chi connectivity index (χ1n) is 9.24. The predicted octanol–water partition coefficient (Wildman–Crippen LogP) is 2.16. The molecule has 7 heteroatoms. The van der Waals surface area contributed by atoms with Crippen LogP contribution in [-0.2, 0) is 14.3 Å². The van der Waals surface area contributed by atoms with Gasteiger partial charge in [0.05, 0.1) is 11.1 Å². The van der Waals surface area contributed by atoms with Crippen molar-refractivity contribution in [3.05, 3.63) is 35.4 Å². The van der Waals surface area contributed by atoms with Gasteiger partial charge in [0.15, 0.2) is 6.61 Å². The molecule has 0 fully saturated rings. The summed E-state index contributed by atoms with van der Waals surface area (Å²) in [6, 6.07) is 5.38. The van der Waals surface area contributed by atoms with Crippen LogP contribution in [0, 0.1) is 5.92 Å². The standard InChI is InChI=1S/C20H26N2O5/c1-5-13(6-2)21-16(23)11-27-20(26)17(12(3)4)22-18(24)14-9-7-8-10-15(14)19(22)25/h7-10,12-13,17H,5-6,11H2,1-4H3,(H,21,23)/t17-/m0/s1. The minimum Gasteiger partial charge on any atom is -0.454 e. The number of carbonyl (C=O) groups excluding carboxylic acids is 4. The Morgan fingerprint density at radius 1 is 1.04 bits per heavy atom. The third-order valence-electron chi connectivity index (χ3n) is 4.67. The van der Waals surface area contributed by atoms with E-state index >= 15 is 0 Å². The third-order valence-corrected chi connectivity index (χ3v) is 4.67. The number of rotatable bonds is 8. The number of ether oxygens (including phenoxy) is 1. The summed E-state index contributed by atoms with van der Waals surface area (Å²) in [5.74, 6) is -2.57. The van der Waals surface area contributed by atoms with Crippen LogP contribution in [0.15, 0.2) is 24.3 Å². The molecule has 0 bridgehead atoms. The molecule has 3 amide bonds. The van der Waals surface area contributed by atoms with Crippen LogP contribution >= 0.6 is 0 Å². The molecule has 146 valence electrons. The normalized spacial score (nSPS) is 14.5. The highest BCUT2D eigenvalue weighted by atomic mass is 16.5. The Balaban J connectivity index is 2.10. The lowest BCUT2D eigenvalue weighted by Crippen LogP contribution is -2.49. The van der Waals surface area contributed by atoms with Gasteiger partial charge in [-0.05, 0) is 30.9 Å². The molecule has 1 aliphatic heterocycles. The third kappa shape index (κ3) is 4.35. The predicted molar refractivity (Wildman–Crippen MR) is 99.0 cm³/mol. The second kappa shape index (κ2) is 8.79. The van der Waals surface area contributed by atoms with Gasteiger partial charge in [-0.1, -0.05) is 39.8 Å². The van der Waals surface area contributed by atoms with E-state index in [1.807, 2.05) is 13.8 Å². The van der Waals surface area contributed by atoms with Gasteiger partial charge in [-0.3, -0.25) is 19.3 Å². The van der Waals surface area contributed by atoms with E-state index < -0.39 is 36.3 Å². The fourth-order valence-electron chi connectivity index (χ4n) is 3.12. The van der Waals surface area contributed by atoms with Gasteiger partial charge < -0.3 is 10.1 Å². The SMILES string of the molecule is CCC(CC)NC(=O)COC(=O)[C@H](C(C)C)N1C(=O)c2ccccc2C1=O. The Kier molecular flexibility index (Phi) is 6.71. The quantitative estimate of drug-likeness (QED) is 0.556. The van der Waals surface area contributed by atoms with Crippen LogP contribution in [0.5, 0.6) is 0 Å². The van der Waals surface area contributed by atoms with E-state index in [-0.39, 0.29) is 23.1 Å². The highest BCUT2D eigenvalue weighted by Crippen LogP contribution is 2.27. The van der Waals surface area contributed by atoms with Gasteiger partial charge >= 0.3 is 5.97 Å². The molecule has 7 nitrogen and oxygen atoms in total. The molecule has 0 saturated heterocycles. The van der Waals surface area contributed by atoms with Gasteiger partial charge in [-0.15, -0.1) is 0 Å². The summed E-state index contributed by atoms with van der Waals surface area (Å²) in [6.07, 6.45) is 1.56. The van der Waals surface area contributed by atoms with Crippen molar-refractivity contribution in [2.45, 2.75) is 52.6 Å². The van der Waals surface area contributed by atoms with Crippen LogP contribution in [0.4, 0.5) is 0 Å². The zero-order valence-electron chi connectivity index (χ0n) is 16.2. The number of nitrogens with zero attached hydrogens (tertiary/aromatic N) is 1. The number of fused-ring (bicyclic) bond motifs is 1. The van der Waals surface area contributed by atoms with Gasteiger partial charge in [0.2, 0.25) is 0 Å². The molecule has 1 heterocycles. The Bertz CT molecular complexity index is 705. The number of hydrogen-bond acceptors (Lipinski definition) is 5. The number of benzene rings is 1. The monoisotopic (exact) mass is 374 g/mol. The first kappa shape index (κ1) is 20.6. The van der Waals surface area contributed by atoms with E-state index in [9.17, 15) is 19.2 Å². The van der Waals surface area contributed by atoms with Crippen molar-refractivity contribution in [2.24, 2.45) is 5.92 Å². The Labute approximate surface area is 159 Å². The summed E-state index contributed by atoms with van der Waals surface area (Å²) in [5.41, 5.74) is 0.542. The molecule has 0 spiro atoms. The minimum atomic E-state index is -1.08. The van der Waals surface area contributed by atoms with E-state index in [0.29, 0.717) is 0 Å². The smallest absolute Gasteiger partial charge is 0.330 e. The van der Waals surface area contributed by atoms with Crippen LogP contribution < -0.4 is 5.32 Å². The number of hydrogen-bond donors (Lipinski definition) is 1. The molecule has 0 aromatic heterocycles. The second-order valence-electron chi connectivity index (χ2n) is 6.90. The number of amides is 3. The molecule has 1 aromatic rings. The Morgan fingerprint density at radius 2 is 1.56 bits per heavy atom. The molecule has 0 radical (unpaired) electrons. The van der Waals surface area contributed by atoms with Crippen molar-refractivity contribution in [1.29, 1.82) is 0 Å². The molecule has 1 atom stereocenters. The van der Waals surface area contributed by atoms with Gasteiger partial charge in [0.25, 0.3) is 17.7 Å². The maximum Gasteiger partial charge on any atom is 0.330 e. The summed E-state index contributed by atoms with van der Waals surface area (Å²) in [5, 5.41) is 2.78. The average molecular weight is 374 g/mol. The van der Waals surface area contributed by atoms with Crippen LogP contribution in [0.1, 0.15) is 61.3 Å². The van der Waals surface area contributed by atoms with Crippen molar-refractivity contribution in [3.8, 4) is 0 Å². The van der Waals surface area contributed by atoms with E-state index in [4.69, 9.17) is 4.74 Å². The average Bonchev–Trinajstić information content (AvgIpc) is 2.90. The van der Waals surface area contributed by atoms with Crippen LogP contribution in [0.2, 0.25) is 0 Å². The minimum absolute atomic E-state index is 0.0216. The molecule has 27 heavy (non-hydrogen) atoms. The van der Waals surface area contributed by atoms with E-state index in [0.717, 1.165) is 17.7 Å². The maximum absolute atomic E-state index is 12.6. The molecule has 1 aromatic carbocycles. The number of carbonyl (C=O) groups is 4. The summed E-state index contributed by atoms with van der Waals surface area (Å²) in [7, 11) is 0. The van der Waals surface area contributed by atoms with Crippen molar-refractivity contribution >= 4 is 23.7 Å². The lowest BCUT2D eigenvalue weighted by atomic mass is 10.0. The molecule has 2 rings (SSSR count). The molecule has 0 aliphatic carbocycles. The lowest BCUT2D eigenvalue weighted by Gasteiger charge is -2.27. The van der Waals surface area contributed by atoms with Crippen LogP contribution in [-0.4, -0.2) is 47.3 Å². The highest BCUT2D eigenvalue weighted by molar-refractivity contribution is 6.22. The Morgan fingerprint density at radius 3 is 2.00 bits per heavy atom. The Hall–Kier alpha value is -2.70. The zero-order valence-corrected chi connectivity index (χ0v) is 16.2. The summed E-state index contributed by atoms with van der Waals surface area (Å²) < 4.78 is 5.13. The van der Waals surface area contributed by atoms with Gasteiger partial charge in [-0.25, -0.2) is 4.79 Å². The molecule has 1 aliphatic rings. The zero-order chi connectivity index (χ0) is 20.1. The lowest BCUT2D eigenvalue weighted by molar-refractivity contribution is -0.153. The number of imide groups is 1. The largest absolute Gasteiger partial charge is 0.454 e. The molecule has 0 unspecified atom stereocenters. The summed E-state index contributed by atoms with van der Waals surface area (Å²) in [6.45, 7) is 6.91. The van der Waals surface area contributed by atoms with E-state index in [2.05, 4.69) is 5.32 Å². The van der Waals surface area contributed by atoms with Gasteiger partial charge in [0, 0.05) is 6.04 Å². The molecular formula is C20H26N2O5. The van der Waals surface area contributed by atoms with Crippen molar-refractivity contribution in [1.82, 2.24) is 10.2 Å². The maximum atomic E-state index is 12.6. The molecule has 0 saturated carbocycles. The molecule has 1 N–H and O–H groups in total. The highest BCUT2D eigenvalue weighted by Gasteiger charge is 2.44. The van der Waals surface area contributed by atoms with Gasteiger partial charge in [-0.2, -0.15) is 0 Å². The van der Waals surface area contributed by atoms with Crippen molar-refractivity contribution < 1.29 is 23.9 Å². The molecular weight excluding hydrogens is 348 g/mol.